The molecule has 7 nitrogen and oxygen atoms in total. The van der Waals surface area contributed by atoms with Gasteiger partial charge in [-0.05, 0) is 48.0 Å². The minimum absolute atomic E-state index is 0.380. The second-order valence-corrected chi connectivity index (χ2v) is 8.14. The molecule has 0 radical (unpaired) electrons. The number of nitrogens with one attached hydrogen (secondary N) is 1. The summed E-state index contributed by atoms with van der Waals surface area (Å²) in [6, 6.07) is 13.8. The highest BCUT2D eigenvalue weighted by Crippen LogP contribution is 2.21. The van der Waals surface area contributed by atoms with E-state index in [0.717, 1.165) is 16.1 Å². The number of halogens is 1. The van der Waals surface area contributed by atoms with Gasteiger partial charge in [-0.25, -0.2) is 13.8 Å². The van der Waals surface area contributed by atoms with Crippen LogP contribution in [0.5, 0.6) is 5.75 Å². The largest absolute Gasteiger partial charge is 0.497 e. The molecule has 0 aliphatic heterocycles. The van der Waals surface area contributed by atoms with E-state index in [2.05, 4.69) is 26.5 Å². The van der Waals surface area contributed by atoms with Gasteiger partial charge in [0.25, 0.3) is 5.91 Å². The molecule has 9 heteroatoms. The van der Waals surface area contributed by atoms with Gasteiger partial charge in [0.15, 0.2) is 0 Å². The maximum absolute atomic E-state index is 12.1. The third-order valence-corrected chi connectivity index (χ3v) is 4.94. The number of anilines is 1. The summed E-state index contributed by atoms with van der Waals surface area (Å²) in [6.45, 7) is -0.380. The molecule has 1 amide bonds. The van der Waals surface area contributed by atoms with Crippen LogP contribution in [0.25, 0.3) is 0 Å². The molecule has 26 heavy (non-hydrogen) atoms. The van der Waals surface area contributed by atoms with E-state index in [0.29, 0.717) is 15.9 Å². The van der Waals surface area contributed by atoms with E-state index in [1.54, 1.807) is 55.6 Å². The van der Waals surface area contributed by atoms with Crippen molar-refractivity contribution in [3.8, 4) is 5.75 Å². The van der Waals surface area contributed by atoms with Gasteiger partial charge in [0.1, 0.15) is 12.3 Å². The van der Waals surface area contributed by atoms with Gasteiger partial charge in [-0.2, -0.15) is 5.10 Å². The molecule has 0 atom stereocenters. The number of rotatable bonds is 7. The first-order chi connectivity index (χ1) is 12.3. The first-order valence-electron chi connectivity index (χ1n) is 7.49. The summed E-state index contributed by atoms with van der Waals surface area (Å²) in [4.78, 5) is 12.1. The summed E-state index contributed by atoms with van der Waals surface area (Å²) in [5.74, 6) is 0.157. The number of sulfonamides is 1. The van der Waals surface area contributed by atoms with E-state index in [1.165, 1.54) is 6.21 Å². The number of carbonyl (C=O) groups excluding carboxylic acids is 1. The van der Waals surface area contributed by atoms with E-state index in [-0.39, 0.29) is 6.54 Å². The van der Waals surface area contributed by atoms with Gasteiger partial charge in [-0.15, -0.1) is 0 Å². The fraction of sp³-hybridized carbons (Fsp3) is 0.176. The Hall–Kier alpha value is -2.39. The van der Waals surface area contributed by atoms with Crippen molar-refractivity contribution in [3.05, 3.63) is 58.6 Å². The summed E-state index contributed by atoms with van der Waals surface area (Å²) >= 11 is 3.29. The lowest BCUT2D eigenvalue weighted by molar-refractivity contribution is -0.119. The smallest absolute Gasteiger partial charge is 0.260 e. The van der Waals surface area contributed by atoms with Crippen LogP contribution in [0.3, 0.4) is 0 Å². The van der Waals surface area contributed by atoms with E-state index in [1.807, 2.05) is 0 Å². The molecule has 0 aromatic heterocycles. The van der Waals surface area contributed by atoms with Crippen molar-refractivity contribution in [1.82, 2.24) is 5.43 Å². The fourth-order valence-electron chi connectivity index (χ4n) is 2.07. The van der Waals surface area contributed by atoms with Crippen molar-refractivity contribution >= 4 is 43.8 Å². The first kappa shape index (κ1) is 19.9. The van der Waals surface area contributed by atoms with Crippen LogP contribution in [0.1, 0.15) is 5.56 Å². The van der Waals surface area contributed by atoms with Crippen LogP contribution in [-0.2, 0) is 14.8 Å². The average Bonchev–Trinajstić information content (AvgIpc) is 2.59. The molecule has 0 spiro atoms. The highest BCUT2D eigenvalue weighted by molar-refractivity contribution is 9.10. The van der Waals surface area contributed by atoms with Crippen LogP contribution in [0.4, 0.5) is 5.69 Å². The topological polar surface area (TPSA) is 88.1 Å². The fourth-order valence-corrected chi connectivity index (χ4v) is 3.30. The monoisotopic (exact) mass is 439 g/mol. The lowest BCUT2D eigenvalue weighted by Crippen LogP contribution is -2.39. The number of hydrogen-bond acceptors (Lipinski definition) is 5. The molecule has 0 unspecified atom stereocenters. The summed E-state index contributed by atoms with van der Waals surface area (Å²) < 4.78 is 30.8. The molecule has 2 aromatic carbocycles. The van der Waals surface area contributed by atoms with Crippen LogP contribution in [0.15, 0.2) is 58.1 Å². The molecule has 1 N–H and O–H groups in total. The van der Waals surface area contributed by atoms with Gasteiger partial charge in [0, 0.05) is 4.47 Å². The van der Waals surface area contributed by atoms with Crippen molar-refractivity contribution in [2.45, 2.75) is 0 Å². The molecule has 0 saturated heterocycles. The molecule has 0 saturated carbocycles. The number of hydrogen-bond donors (Lipinski definition) is 1. The number of methoxy groups -OCH3 is 1. The molecule has 0 fully saturated rings. The molecule has 0 heterocycles. The Labute approximate surface area is 160 Å². The van der Waals surface area contributed by atoms with E-state index >= 15 is 0 Å². The van der Waals surface area contributed by atoms with Crippen LogP contribution < -0.4 is 14.5 Å². The Morgan fingerprint density at radius 3 is 2.54 bits per heavy atom. The van der Waals surface area contributed by atoms with Crippen LogP contribution in [-0.4, -0.2) is 40.4 Å². The highest BCUT2D eigenvalue weighted by atomic mass is 79.9. The van der Waals surface area contributed by atoms with E-state index in [9.17, 15) is 13.2 Å². The molecule has 0 aliphatic carbocycles. The Kier molecular flexibility index (Phi) is 6.76. The minimum atomic E-state index is -3.63. The predicted molar refractivity (Wildman–Crippen MR) is 105 cm³/mol. The number of ether oxygens (including phenoxy) is 1. The highest BCUT2D eigenvalue weighted by Gasteiger charge is 2.20. The summed E-state index contributed by atoms with van der Waals surface area (Å²) in [5, 5.41) is 3.85. The molecule has 138 valence electrons. The van der Waals surface area contributed by atoms with Gasteiger partial charge in [0.05, 0.1) is 25.3 Å². The second kappa shape index (κ2) is 8.81. The number of amides is 1. The SMILES string of the molecule is COc1ccc(/C=N/NC(=O)CN(c2cccc(Br)c2)S(C)(=O)=O)cc1. The third kappa shape index (κ3) is 5.85. The molecule has 2 aromatic rings. The molecule has 0 bridgehead atoms. The van der Waals surface area contributed by atoms with Gasteiger partial charge in [-0.3, -0.25) is 9.10 Å². The number of hydrazone groups is 1. The molecular formula is C17H18BrN3O4S. The van der Waals surface area contributed by atoms with Crippen LogP contribution in [0.2, 0.25) is 0 Å². The summed E-state index contributed by atoms with van der Waals surface area (Å²) in [6.07, 6.45) is 2.50. The number of benzene rings is 2. The first-order valence-corrected chi connectivity index (χ1v) is 10.1. The average molecular weight is 440 g/mol. The lowest BCUT2D eigenvalue weighted by atomic mass is 10.2. The molecular weight excluding hydrogens is 422 g/mol. The van der Waals surface area contributed by atoms with Crippen LogP contribution in [0, 0.1) is 0 Å². The zero-order chi connectivity index (χ0) is 19.2. The minimum Gasteiger partial charge on any atom is -0.497 e. The number of carbonyl (C=O) groups is 1. The Morgan fingerprint density at radius 2 is 1.96 bits per heavy atom. The summed E-state index contributed by atoms with van der Waals surface area (Å²) in [5.41, 5.74) is 3.48. The number of nitrogens with zero attached hydrogens (tertiary/aromatic N) is 2. The third-order valence-electron chi connectivity index (χ3n) is 3.30. The maximum atomic E-state index is 12.1. The molecule has 0 aliphatic rings. The lowest BCUT2D eigenvalue weighted by Gasteiger charge is -2.21. The second-order valence-electron chi connectivity index (χ2n) is 5.32. The van der Waals surface area contributed by atoms with Gasteiger partial charge < -0.3 is 4.74 Å². The van der Waals surface area contributed by atoms with Gasteiger partial charge in [0.2, 0.25) is 10.0 Å². The van der Waals surface area contributed by atoms with Crippen molar-refractivity contribution in [3.63, 3.8) is 0 Å². The van der Waals surface area contributed by atoms with Crippen molar-refractivity contribution in [2.24, 2.45) is 5.10 Å². The zero-order valence-electron chi connectivity index (χ0n) is 14.2. The predicted octanol–water partition coefficient (Wildman–Crippen LogP) is 2.37. The quantitative estimate of drug-likeness (QED) is 0.529. The normalized spacial score (nSPS) is 11.3. The summed E-state index contributed by atoms with van der Waals surface area (Å²) in [7, 11) is -2.06. The van der Waals surface area contributed by atoms with Crippen molar-refractivity contribution in [2.75, 3.05) is 24.2 Å². The Bertz CT molecular complexity index is 898. The van der Waals surface area contributed by atoms with Crippen molar-refractivity contribution in [1.29, 1.82) is 0 Å². The van der Waals surface area contributed by atoms with E-state index in [4.69, 9.17) is 4.74 Å². The van der Waals surface area contributed by atoms with Crippen LogP contribution >= 0.6 is 15.9 Å². The zero-order valence-corrected chi connectivity index (χ0v) is 16.6. The Balaban J connectivity index is 2.04. The van der Waals surface area contributed by atoms with E-state index < -0.39 is 15.9 Å². The molecule has 2 rings (SSSR count). The standard InChI is InChI=1S/C17H18BrN3O4S/c1-25-16-8-6-13(7-9-16)11-19-20-17(22)12-21(26(2,23)24)15-5-3-4-14(18)10-15/h3-11H,12H2,1-2H3,(H,20,22)/b19-11+. The maximum Gasteiger partial charge on any atom is 0.260 e. The van der Waals surface area contributed by atoms with Gasteiger partial charge >= 0.3 is 0 Å². The van der Waals surface area contributed by atoms with Crippen molar-refractivity contribution < 1.29 is 17.9 Å². The Morgan fingerprint density at radius 1 is 1.27 bits per heavy atom. The van der Waals surface area contributed by atoms with Gasteiger partial charge in [-0.1, -0.05) is 22.0 Å².